The van der Waals surface area contributed by atoms with Crippen LogP contribution in [0.5, 0.6) is 0 Å². The number of fused-ring (bicyclic) bond motifs is 2. The summed E-state index contributed by atoms with van der Waals surface area (Å²) in [6.45, 7) is 6.17. The van der Waals surface area contributed by atoms with Gasteiger partial charge in [0.2, 0.25) is 5.91 Å². The minimum atomic E-state index is -0.613. The van der Waals surface area contributed by atoms with Crippen molar-refractivity contribution in [3.63, 3.8) is 0 Å². The Hall–Kier alpha value is -3.48. The van der Waals surface area contributed by atoms with Crippen LogP contribution in [0.4, 0.5) is 10.5 Å². The molecule has 0 radical (unpaired) electrons. The van der Waals surface area contributed by atoms with Crippen molar-refractivity contribution in [2.75, 3.05) is 18.4 Å². The van der Waals surface area contributed by atoms with Gasteiger partial charge in [-0.25, -0.2) is 4.79 Å². The van der Waals surface area contributed by atoms with Crippen LogP contribution in [-0.4, -0.2) is 47.2 Å². The predicted octanol–water partition coefficient (Wildman–Crippen LogP) is 4.05. The fourth-order valence-electron chi connectivity index (χ4n) is 4.17. The molecule has 1 N–H and O–H groups in total. The number of anilines is 1. The zero-order valence-electron chi connectivity index (χ0n) is 18.4. The van der Waals surface area contributed by atoms with Crippen LogP contribution in [0, 0.1) is 5.92 Å². The molecule has 32 heavy (non-hydrogen) atoms. The van der Waals surface area contributed by atoms with Crippen LogP contribution in [0.15, 0.2) is 42.5 Å². The van der Waals surface area contributed by atoms with E-state index in [1.165, 1.54) is 0 Å². The summed E-state index contributed by atoms with van der Waals surface area (Å²) in [5, 5.41) is 2.84. The van der Waals surface area contributed by atoms with E-state index in [4.69, 9.17) is 4.74 Å². The van der Waals surface area contributed by atoms with Crippen LogP contribution in [0.25, 0.3) is 0 Å². The number of ketones is 2. The maximum atomic E-state index is 13.1. The number of carbonyl (C=O) groups excluding carboxylic acids is 4. The summed E-state index contributed by atoms with van der Waals surface area (Å²) in [5.41, 5.74) is 0.900. The van der Waals surface area contributed by atoms with Gasteiger partial charge in [0, 0.05) is 29.8 Å². The fraction of sp³-hybridized carbons (Fsp3) is 0.360. The molecular formula is C25H26N2O5. The molecule has 1 fully saturated rings. The van der Waals surface area contributed by atoms with E-state index < -0.39 is 17.6 Å². The number of likely N-dealkylation sites (tertiary alicyclic amines) is 1. The average Bonchev–Trinajstić information content (AvgIpc) is 2.76. The molecule has 1 heterocycles. The number of benzene rings is 2. The first-order valence-corrected chi connectivity index (χ1v) is 10.8. The van der Waals surface area contributed by atoms with Gasteiger partial charge in [-0.15, -0.1) is 0 Å². The second-order valence-electron chi connectivity index (χ2n) is 9.19. The van der Waals surface area contributed by atoms with Gasteiger partial charge in [0.15, 0.2) is 11.6 Å². The summed E-state index contributed by atoms with van der Waals surface area (Å²) < 4.78 is 5.43. The standard InChI is InChI=1S/C25H26N2O5/c1-25(2,3)32-24(31)27-13-7-8-15(14-27)23(30)26-19-12-6-11-18-20(19)22(29)17-10-5-4-9-16(17)21(18)28/h4-6,9-12,15H,7-8,13-14H2,1-3H3,(H,26,30). The van der Waals surface area contributed by atoms with Crippen molar-refractivity contribution in [2.45, 2.75) is 39.2 Å². The highest BCUT2D eigenvalue weighted by Crippen LogP contribution is 2.32. The van der Waals surface area contributed by atoms with Gasteiger partial charge in [-0.1, -0.05) is 36.4 Å². The first-order chi connectivity index (χ1) is 15.2. The normalized spacial score (nSPS) is 18.0. The van der Waals surface area contributed by atoms with Gasteiger partial charge in [-0.2, -0.15) is 0 Å². The Morgan fingerprint density at radius 1 is 0.969 bits per heavy atom. The number of piperidine rings is 1. The van der Waals surface area contributed by atoms with E-state index in [0.717, 1.165) is 0 Å². The molecule has 166 valence electrons. The van der Waals surface area contributed by atoms with Crippen LogP contribution < -0.4 is 5.32 Å². The Morgan fingerprint density at radius 2 is 1.62 bits per heavy atom. The number of hydrogen-bond donors (Lipinski definition) is 1. The van der Waals surface area contributed by atoms with E-state index in [9.17, 15) is 19.2 Å². The molecule has 1 saturated heterocycles. The van der Waals surface area contributed by atoms with Crippen LogP contribution >= 0.6 is 0 Å². The Morgan fingerprint density at radius 3 is 2.31 bits per heavy atom. The first-order valence-electron chi connectivity index (χ1n) is 10.8. The van der Waals surface area contributed by atoms with Gasteiger partial charge >= 0.3 is 6.09 Å². The van der Waals surface area contributed by atoms with Crippen molar-refractivity contribution in [3.05, 3.63) is 64.7 Å². The number of carbonyl (C=O) groups is 4. The Kier molecular flexibility index (Phi) is 5.59. The average molecular weight is 434 g/mol. The van der Waals surface area contributed by atoms with E-state index >= 15 is 0 Å². The molecule has 4 rings (SSSR count). The molecule has 1 aliphatic heterocycles. The monoisotopic (exact) mass is 434 g/mol. The van der Waals surface area contributed by atoms with Crippen LogP contribution in [0.1, 0.15) is 65.5 Å². The SMILES string of the molecule is CC(C)(C)OC(=O)N1CCCC(C(=O)Nc2cccc3c2C(=O)c2ccccc2C3=O)C1. The van der Waals surface area contributed by atoms with Crippen molar-refractivity contribution in [2.24, 2.45) is 5.92 Å². The topological polar surface area (TPSA) is 92.8 Å². The highest BCUT2D eigenvalue weighted by molar-refractivity contribution is 6.30. The number of nitrogens with one attached hydrogen (secondary N) is 1. The Balaban J connectivity index is 1.54. The summed E-state index contributed by atoms with van der Waals surface area (Å²) >= 11 is 0. The van der Waals surface area contributed by atoms with Gasteiger partial charge in [0.25, 0.3) is 0 Å². The molecule has 2 aromatic carbocycles. The molecular weight excluding hydrogens is 408 g/mol. The zero-order chi connectivity index (χ0) is 23.0. The smallest absolute Gasteiger partial charge is 0.410 e. The molecule has 7 heteroatoms. The van der Waals surface area contributed by atoms with Gasteiger partial charge in [0.05, 0.1) is 17.2 Å². The second-order valence-corrected chi connectivity index (χ2v) is 9.19. The molecule has 1 unspecified atom stereocenters. The third-order valence-electron chi connectivity index (χ3n) is 5.65. The maximum Gasteiger partial charge on any atom is 0.410 e. The van der Waals surface area contributed by atoms with Gasteiger partial charge in [-0.3, -0.25) is 14.4 Å². The van der Waals surface area contributed by atoms with E-state index in [1.54, 1.807) is 68.1 Å². The number of amides is 2. The molecule has 0 bridgehead atoms. The predicted molar refractivity (Wildman–Crippen MR) is 119 cm³/mol. The van der Waals surface area contributed by atoms with Crippen LogP contribution in [0.2, 0.25) is 0 Å². The molecule has 0 spiro atoms. The molecule has 1 aliphatic carbocycles. The number of rotatable bonds is 2. The summed E-state index contributed by atoms with van der Waals surface area (Å²) in [6, 6.07) is 11.6. The van der Waals surface area contributed by atoms with Crippen molar-refractivity contribution < 1.29 is 23.9 Å². The first kappa shape index (κ1) is 21.7. The van der Waals surface area contributed by atoms with Gasteiger partial charge in [0.1, 0.15) is 5.60 Å². The lowest BCUT2D eigenvalue weighted by atomic mass is 9.83. The maximum absolute atomic E-state index is 13.1. The van der Waals surface area contributed by atoms with Gasteiger partial charge in [-0.05, 0) is 39.7 Å². The highest BCUT2D eigenvalue weighted by Gasteiger charge is 2.34. The lowest BCUT2D eigenvalue weighted by Crippen LogP contribution is -2.45. The molecule has 2 aromatic rings. The molecule has 0 saturated carbocycles. The van der Waals surface area contributed by atoms with Crippen molar-refractivity contribution in [1.82, 2.24) is 4.90 Å². The number of nitrogens with zero attached hydrogens (tertiary/aromatic N) is 1. The third kappa shape index (κ3) is 4.15. The number of hydrogen-bond acceptors (Lipinski definition) is 5. The number of ether oxygens (including phenoxy) is 1. The molecule has 7 nitrogen and oxygen atoms in total. The summed E-state index contributed by atoms with van der Waals surface area (Å²) in [6.07, 6.45) is 0.856. The van der Waals surface area contributed by atoms with Gasteiger partial charge < -0.3 is 15.0 Å². The minimum absolute atomic E-state index is 0.212. The molecule has 2 amide bonds. The Bertz CT molecular complexity index is 1120. The lowest BCUT2D eigenvalue weighted by molar-refractivity contribution is -0.121. The van der Waals surface area contributed by atoms with Crippen molar-refractivity contribution >= 4 is 29.3 Å². The van der Waals surface area contributed by atoms with E-state index in [2.05, 4.69) is 5.32 Å². The summed E-state index contributed by atoms with van der Waals surface area (Å²) in [5.74, 6) is -1.25. The van der Waals surface area contributed by atoms with E-state index in [1.807, 2.05) is 0 Å². The quantitative estimate of drug-likeness (QED) is 0.657. The van der Waals surface area contributed by atoms with Crippen molar-refractivity contribution in [3.8, 4) is 0 Å². The molecule has 0 aromatic heterocycles. The van der Waals surface area contributed by atoms with E-state index in [0.29, 0.717) is 36.2 Å². The minimum Gasteiger partial charge on any atom is -0.444 e. The van der Waals surface area contributed by atoms with E-state index in [-0.39, 0.29) is 35.1 Å². The summed E-state index contributed by atoms with van der Waals surface area (Å²) in [4.78, 5) is 53.1. The van der Waals surface area contributed by atoms with Crippen LogP contribution in [-0.2, 0) is 9.53 Å². The summed E-state index contributed by atoms with van der Waals surface area (Å²) in [7, 11) is 0. The van der Waals surface area contributed by atoms with Crippen molar-refractivity contribution in [1.29, 1.82) is 0 Å². The fourth-order valence-corrected chi connectivity index (χ4v) is 4.17. The lowest BCUT2D eigenvalue weighted by Gasteiger charge is -2.33. The highest BCUT2D eigenvalue weighted by atomic mass is 16.6. The second kappa shape index (κ2) is 8.22. The largest absolute Gasteiger partial charge is 0.444 e. The molecule has 1 atom stereocenters. The third-order valence-corrected chi connectivity index (χ3v) is 5.65. The zero-order valence-corrected chi connectivity index (χ0v) is 18.4. The van der Waals surface area contributed by atoms with Crippen LogP contribution in [0.3, 0.4) is 0 Å². The Labute approximate surface area is 186 Å². The molecule has 2 aliphatic rings.